The van der Waals surface area contributed by atoms with E-state index >= 15 is 0 Å². The molecule has 0 amide bonds. The van der Waals surface area contributed by atoms with Gasteiger partial charge in [-0.2, -0.15) is 0 Å². The lowest BCUT2D eigenvalue weighted by Gasteiger charge is -2.26. The maximum absolute atomic E-state index is 4.86. The van der Waals surface area contributed by atoms with Crippen molar-refractivity contribution in [2.75, 3.05) is 11.9 Å². The van der Waals surface area contributed by atoms with Crippen molar-refractivity contribution in [3.05, 3.63) is 35.9 Å². The molecule has 108 valence electrons. The minimum Gasteiger partial charge on any atom is -0.357 e. The Kier molecular flexibility index (Phi) is 4.61. The molecule has 3 heteroatoms. The van der Waals surface area contributed by atoms with Gasteiger partial charge in [-0.25, -0.2) is 4.98 Å². The highest BCUT2D eigenvalue weighted by atomic mass is 15.2. The fourth-order valence-corrected chi connectivity index (χ4v) is 2.14. The quantitative estimate of drug-likeness (QED) is 0.901. The zero-order chi connectivity index (χ0) is 14.7. The molecule has 0 bridgehead atoms. The van der Waals surface area contributed by atoms with E-state index < -0.39 is 0 Å². The van der Waals surface area contributed by atoms with Gasteiger partial charge in [0.25, 0.3) is 0 Å². The predicted molar refractivity (Wildman–Crippen MR) is 87.3 cm³/mol. The summed E-state index contributed by atoms with van der Waals surface area (Å²) >= 11 is 0. The minimum absolute atomic E-state index is 0.432. The van der Waals surface area contributed by atoms with Gasteiger partial charge in [0.1, 0.15) is 5.82 Å². The number of anilines is 1. The monoisotopic (exact) mass is 271 g/mol. The van der Waals surface area contributed by atoms with Crippen molar-refractivity contribution in [3.63, 3.8) is 0 Å². The Morgan fingerprint density at radius 2 is 1.85 bits per heavy atom. The molecule has 0 aliphatic carbocycles. The maximum atomic E-state index is 4.86. The first kappa shape index (κ1) is 14.8. The van der Waals surface area contributed by atoms with E-state index in [1.165, 1.54) is 10.9 Å². The molecule has 2 aromatic rings. The SMILES string of the molecule is CC(C)NCc1cc2ccccc2nc1N(C)C(C)C. The van der Waals surface area contributed by atoms with Crippen LogP contribution in [0.4, 0.5) is 5.82 Å². The molecular weight excluding hydrogens is 246 g/mol. The predicted octanol–water partition coefficient (Wildman–Crippen LogP) is 3.58. The van der Waals surface area contributed by atoms with Gasteiger partial charge in [-0.05, 0) is 26.0 Å². The molecule has 3 nitrogen and oxygen atoms in total. The minimum atomic E-state index is 0.432. The summed E-state index contributed by atoms with van der Waals surface area (Å²) < 4.78 is 0. The number of hydrogen-bond donors (Lipinski definition) is 1. The van der Waals surface area contributed by atoms with Crippen molar-refractivity contribution in [2.45, 2.75) is 46.3 Å². The van der Waals surface area contributed by atoms with E-state index in [0.29, 0.717) is 12.1 Å². The van der Waals surface area contributed by atoms with Gasteiger partial charge in [-0.1, -0.05) is 32.0 Å². The van der Waals surface area contributed by atoms with E-state index in [-0.39, 0.29) is 0 Å². The number of aromatic nitrogens is 1. The van der Waals surface area contributed by atoms with E-state index in [0.717, 1.165) is 17.9 Å². The fraction of sp³-hybridized carbons (Fsp3) is 0.471. The lowest BCUT2D eigenvalue weighted by molar-refractivity contribution is 0.586. The van der Waals surface area contributed by atoms with Crippen molar-refractivity contribution in [2.24, 2.45) is 0 Å². The number of pyridine rings is 1. The standard InChI is InChI=1S/C17H25N3/c1-12(2)18-11-15-10-14-8-6-7-9-16(14)19-17(15)20(5)13(3)4/h6-10,12-13,18H,11H2,1-5H3. The zero-order valence-corrected chi connectivity index (χ0v) is 13.1. The van der Waals surface area contributed by atoms with Gasteiger partial charge < -0.3 is 10.2 Å². The lowest BCUT2D eigenvalue weighted by atomic mass is 10.1. The molecule has 1 N–H and O–H groups in total. The smallest absolute Gasteiger partial charge is 0.133 e. The van der Waals surface area contributed by atoms with Crippen LogP contribution in [0.3, 0.4) is 0 Å². The Hall–Kier alpha value is -1.61. The summed E-state index contributed by atoms with van der Waals surface area (Å²) in [4.78, 5) is 7.10. The number of hydrogen-bond acceptors (Lipinski definition) is 3. The summed E-state index contributed by atoms with van der Waals surface area (Å²) in [6.45, 7) is 9.57. The van der Waals surface area contributed by atoms with Crippen LogP contribution in [-0.2, 0) is 6.54 Å². The molecule has 2 rings (SSSR count). The third kappa shape index (κ3) is 3.28. The largest absolute Gasteiger partial charge is 0.357 e. The van der Waals surface area contributed by atoms with Gasteiger partial charge in [0.2, 0.25) is 0 Å². The fourth-order valence-electron chi connectivity index (χ4n) is 2.14. The van der Waals surface area contributed by atoms with Crippen molar-refractivity contribution in [3.8, 4) is 0 Å². The van der Waals surface area contributed by atoms with Crippen LogP contribution >= 0.6 is 0 Å². The highest BCUT2D eigenvalue weighted by Crippen LogP contribution is 2.24. The maximum Gasteiger partial charge on any atom is 0.133 e. The molecule has 0 aliphatic rings. The summed E-state index contributed by atoms with van der Waals surface area (Å²) in [6, 6.07) is 11.5. The van der Waals surface area contributed by atoms with E-state index in [1.807, 2.05) is 6.07 Å². The third-order valence-corrected chi connectivity index (χ3v) is 3.59. The highest BCUT2D eigenvalue weighted by Gasteiger charge is 2.13. The molecule has 0 unspecified atom stereocenters. The van der Waals surface area contributed by atoms with Crippen molar-refractivity contribution < 1.29 is 0 Å². The van der Waals surface area contributed by atoms with E-state index in [1.54, 1.807) is 0 Å². The number of nitrogens with zero attached hydrogens (tertiary/aromatic N) is 2. The molecule has 0 spiro atoms. The molecule has 1 aromatic heterocycles. The van der Waals surface area contributed by atoms with Crippen LogP contribution in [0.15, 0.2) is 30.3 Å². The first-order valence-corrected chi connectivity index (χ1v) is 7.34. The molecule has 0 aliphatic heterocycles. The lowest BCUT2D eigenvalue weighted by Crippen LogP contribution is -2.29. The second-order valence-corrected chi connectivity index (χ2v) is 5.90. The van der Waals surface area contributed by atoms with Crippen LogP contribution < -0.4 is 10.2 Å². The van der Waals surface area contributed by atoms with Gasteiger partial charge in [0.05, 0.1) is 5.52 Å². The Balaban J connectivity index is 2.46. The average molecular weight is 271 g/mol. The normalized spacial score (nSPS) is 11.6. The molecule has 0 saturated heterocycles. The van der Waals surface area contributed by atoms with Gasteiger partial charge in [-0.15, -0.1) is 0 Å². The Labute approximate surface area is 122 Å². The second kappa shape index (κ2) is 6.23. The summed E-state index contributed by atoms with van der Waals surface area (Å²) in [6.07, 6.45) is 0. The van der Waals surface area contributed by atoms with Crippen molar-refractivity contribution >= 4 is 16.7 Å². The average Bonchev–Trinajstić information content (AvgIpc) is 2.43. The Bertz CT molecular complexity index is 575. The second-order valence-electron chi connectivity index (χ2n) is 5.90. The highest BCUT2D eigenvalue weighted by molar-refractivity contribution is 5.81. The van der Waals surface area contributed by atoms with Gasteiger partial charge >= 0.3 is 0 Å². The Morgan fingerprint density at radius 3 is 2.50 bits per heavy atom. The van der Waals surface area contributed by atoms with Crippen LogP contribution in [0, 0.1) is 0 Å². The van der Waals surface area contributed by atoms with Crippen LogP contribution in [0.1, 0.15) is 33.3 Å². The first-order chi connectivity index (χ1) is 9.49. The molecule has 0 atom stereocenters. The van der Waals surface area contributed by atoms with E-state index in [4.69, 9.17) is 4.98 Å². The van der Waals surface area contributed by atoms with Crippen LogP contribution in [0.5, 0.6) is 0 Å². The van der Waals surface area contributed by atoms with Crippen LogP contribution in [0.2, 0.25) is 0 Å². The van der Waals surface area contributed by atoms with Gasteiger partial charge in [-0.3, -0.25) is 0 Å². The number of rotatable bonds is 5. The first-order valence-electron chi connectivity index (χ1n) is 7.34. The van der Waals surface area contributed by atoms with Crippen LogP contribution in [0.25, 0.3) is 10.9 Å². The summed E-state index contributed by atoms with van der Waals surface area (Å²) in [7, 11) is 2.11. The number of fused-ring (bicyclic) bond motifs is 1. The van der Waals surface area contributed by atoms with E-state index in [2.05, 4.69) is 69.2 Å². The van der Waals surface area contributed by atoms with Crippen molar-refractivity contribution in [1.82, 2.24) is 10.3 Å². The van der Waals surface area contributed by atoms with Crippen LogP contribution in [-0.4, -0.2) is 24.1 Å². The number of para-hydroxylation sites is 1. The molecule has 1 heterocycles. The number of benzene rings is 1. The van der Waals surface area contributed by atoms with Crippen molar-refractivity contribution in [1.29, 1.82) is 0 Å². The molecule has 1 aromatic carbocycles. The topological polar surface area (TPSA) is 28.2 Å². The molecule has 20 heavy (non-hydrogen) atoms. The summed E-state index contributed by atoms with van der Waals surface area (Å²) in [5.74, 6) is 1.08. The number of nitrogens with one attached hydrogen (secondary N) is 1. The molecule has 0 fully saturated rings. The summed E-state index contributed by atoms with van der Waals surface area (Å²) in [5.41, 5.74) is 2.32. The van der Waals surface area contributed by atoms with Gasteiger partial charge in [0.15, 0.2) is 0 Å². The molecule has 0 radical (unpaired) electrons. The molecular formula is C17H25N3. The zero-order valence-electron chi connectivity index (χ0n) is 13.1. The van der Waals surface area contributed by atoms with E-state index in [9.17, 15) is 0 Å². The summed E-state index contributed by atoms with van der Waals surface area (Å²) in [5, 5.41) is 4.70. The molecule has 0 saturated carbocycles. The Morgan fingerprint density at radius 1 is 1.15 bits per heavy atom. The van der Waals surface area contributed by atoms with Gasteiger partial charge in [0, 0.05) is 36.6 Å². The third-order valence-electron chi connectivity index (χ3n) is 3.59.